The van der Waals surface area contributed by atoms with Crippen molar-refractivity contribution in [2.75, 3.05) is 12.8 Å². The van der Waals surface area contributed by atoms with Gasteiger partial charge in [0.15, 0.2) is 0 Å². The van der Waals surface area contributed by atoms with E-state index in [0.717, 1.165) is 5.71 Å². The minimum Gasteiger partial charge on any atom is -0.597 e. The summed E-state index contributed by atoms with van der Waals surface area (Å²) in [5.41, 5.74) is 3.02. The van der Waals surface area contributed by atoms with Crippen molar-refractivity contribution in [3.05, 3.63) is 0 Å². The minimum absolute atomic E-state index is 0.353. The van der Waals surface area contributed by atoms with Crippen molar-refractivity contribution in [2.45, 2.75) is 6.92 Å². The molecule has 0 aromatic rings. The number of carbonyl (C=O) groups excluding carboxylic acids is 1. The van der Waals surface area contributed by atoms with Gasteiger partial charge in [-0.15, -0.1) is 0 Å². The van der Waals surface area contributed by atoms with E-state index in [1.807, 2.05) is 0 Å². The molecule has 0 radical (unpaired) electrons. The van der Waals surface area contributed by atoms with Gasteiger partial charge in [-0.05, 0) is 11.8 Å². The second-order valence-corrected chi connectivity index (χ2v) is 3.49. The second kappa shape index (κ2) is 3.74. The van der Waals surface area contributed by atoms with Crippen LogP contribution in [0.1, 0.15) is 6.92 Å². The van der Waals surface area contributed by atoms with Crippen LogP contribution in [-0.4, -0.2) is 34.1 Å². The van der Waals surface area contributed by atoms with Crippen LogP contribution in [0, 0.1) is 0 Å². The lowest BCUT2D eigenvalue weighted by molar-refractivity contribution is 0.193. The average molecular weight is 190 g/mol. The molecule has 12 heavy (non-hydrogen) atoms. The summed E-state index contributed by atoms with van der Waals surface area (Å²) in [6.07, 6.45) is 1.45. The van der Waals surface area contributed by atoms with Crippen LogP contribution < -0.4 is 10.3 Å². The summed E-state index contributed by atoms with van der Waals surface area (Å²) in [6, 6.07) is -0.393. The minimum atomic E-state index is -1.24. The molecule has 0 aromatic carbocycles. The number of rotatable bonds is 2. The Balaban J connectivity index is 2.54. The third-order valence-electron chi connectivity index (χ3n) is 1.21. The molecule has 68 valence electrons. The predicted molar refractivity (Wildman–Crippen MR) is 45.5 cm³/mol. The standard InChI is InChI=1S/C5H10N4O2S/c1-4-3-9(8-12(2)11)5(10)7-6-4/h8H,3H2,1-2H3,(H,7,10). The van der Waals surface area contributed by atoms with Gasteiger partial charge in [0, 0.05) is 0 Å². The molecule has 1 rings (SSSR count). The monoisotopic (exact) mass is 190 g/mol. The predicted octanol–water partition coefficient (Wildman–Crippen LogP) is -0.814. The number of nitrogens with zero attached hydrogens (tertiary/aromatic N) is 2. The Morgan fingerprint density at radius 1 is 1.83 bits per heavy atom. The molecule has 0 fully saturated rings. The van der Waals surface area contributed by atoms with E-state index in [1.165, 1.54) is 11.3 Å². The largest absolute Gasteiger partial charge is 0.597 e. The van der Waals surface area contributed by atoms with Gasteiger partial charge in [-0.2, -0.15) is 5.10 Å². The fraction of sp³-hybridized carbons (Fsp3) is 0.600. The van der Waals surface area contributed by atoms with Crippen LogP contribution >= 0.6 is 0 Å². The number of amides is 2. The molecular formula is C5H10N4O2S. The maximum Gasteiger partial charge on any atom is 0.355 e. The summed E-state index contributed by atoms with van der Waals surface area (Å²) in [4.78, 5) is 13.5. The molecule has 0 spiro atoms. The number of urea groups is 1. The van der Waals surface area contributed by atoms with Crippen LogP contribution in [0.2, 0.25) is 0 Å². The van der Waals surface area contributed by atoms with Crippen LogP contribution in [0.15, 0.2) is 5.10 Å². The lowest BCUT2D eigenvalue weighted by Crippen LogP contribution is -2.53. The zero-order chi connectivity index (χ0) is 9.14. The molecular weight excluding hydrogens is 180 g/mol. The van der Waals surface area contributed by atoms with Crippen molar-refractivity contribution >= 4 is 23.1 Å². The summed E-state index contributed by atoms with van der Waals surface area (Å²) < 4.78 is 10.7. The van der Waals surface area contributed by atoms with Crippen molar-refractivity contribution in [3.63, 3.8) is 0 Å². The fourth-order valence-electron chi connectivity index (χ4n) is 0.769. The van der Waals surface area contributed by atoms with Crippen molar-refractivity contribution < 1.29 is 9.35 Å². The molecule has 1 heterocycles. The molecule has 1 unspecified atom stereocenters. The molecule has 1 aliphatic rings. The first-order chi connectivity index (χ1) is 5.59. The highest BCUT2D eigenvalue weighted by Crippen LogP contribution is 1.94. The van der Waals surface area contributed by atoms with E-state index >= 15 is 0 Å². The Hall–Kier alpha value is -0.790. The Morgan fingerprint density at radius 2 is 2.50 bits per heavy atom. The van der Waals surface area contributed by atoms with Gasteiger partial charge in [0.25, 0.3) is 0 Å². The molecule has 2 amide bonds. The number of hydrazone groups is 1. The first-order valence-electron chi connectivity index (χ1n) is 3.30. The zero-order valence-corrected chi connectivity index (χ0v) is 7.64. The highest BCUT2D eigenvalue weighted by Gasteiger charge is 2.21. The van der Waals surface area contributed by atoms with E-state index in [1.54, 1.807) is 6.92 Å². The van der Waals surface area contributed by atoms with E-state index in [2.05, 4.69) is 15.4 Å². The van der Waals surface area contributed by atoms with Crippen molar-refractivity contribution in [3.8, 4) is 0 Å². The molecule has 1 aliphatic heterocycles. The van der Waals surface area contributed by atoms with Gasteiger partial charge in [0.2, 0.25) is 0 Å². The van der Waals surface area contributed by atoms with Gasteiger partial charge in [-0.25, -0.2) is 15.2 Å². The second-order valence-electron chi connectivity index (χ2n) is 2.40. The Bertz CT molecular complexity index is 217. The van der Waals surface area contributed by atoms with Crippen LogP contribution in [0.3, 0.4) is 0 Å². The number of hydrogen-bond acceptors (Lipinski definition) is 4. The SMILES string of the molecule is CC1=NNC(=O)N(N[S+](C)[O-])C1. The average Bonchev–Trinajstić information content (AvgIpc) is 1.96. The Morgan fingerprint density at radius 3 is 3.08 bits per heavy atom. The third kappa shape index (κ3) is 2.36. The molecule has 0 bridgehead atoms. The first-order valence-corrected chi connectivity index (χ1v) is 4.86. The molecule has 2 N–H and O–H groups in total. The highest BCUT2D eigenvalue weighted by molar-refractivity contribution is 7.88. The first kappa shape index (κ1) is 9.30. The molecule has 0 saturated heterocycles. The van der Waals surface area contributed by atoms with Crippen LogP contribution in [0.25, 0.3) is 0 Å². The molecule has 6 nitrogen and oxygen atoms in total. The van der Waals surface area contributed by atoms with Gasteiger partial charge in [0.1, 0.15) is 6.26 Å². The number of hydrazine groups is 1. The van der Waals surface area contributed by atoms with Gasteiger partial charge < -0.3 is 4.55 Å². The van der Waals surface area contributed by atoms with E-state index in [0.29, 0.717) is 6.54 Å². The Labute approximate surface area is 73.3 Å². The lowest BCUT2D eigenvalue weighted by Gasteiger charge is -2.24. The maximum absolute atomic E-state index is 11.0. The number of nitrogens with one attached hydrogen (secondary N) is 2. The van der Waals surface area contributed by atoms with Gasteiger partial charge >= 0.3 is 6.03 Å². The molecule has 0 aromatic heterocycles. The normalized spacial score (nSPS) is 20.1. The van der Waals surface area contributed by atoms with Gasteiger partial charge in [-0.3, -0.25) is 0 Å². The summed E-state index contributed by atoms with van der Waals surface area (Å²) in [7, 11) is 0. The fourth-order valence-corrected chi connectivity index (χ4v) is 1.23. The zero-order valence-electron chi connectivity index (χ0n) is 6.83. The smallest absolute Gasteiger partial charge is 0.355 e. The molecule has 1 atom stereocenters. The molecule has 7 heteroatoms. The quantitative estimate of drug-likeness (QED) is 0.559. The van der Waals surface area contributed by atoms with Crippen LogP contribution in [-0.2, 0) is 11.4 Å². The van der Waals surface area contributed by atoms with E-state index < -0.39 is 17.4 Å². The number of carbonyl (C=O) groups is 1. The summed E-state index contributed by atoms with van der Waals surface area (Å²) in [5, 5.41) is 4.93. The van der Waals surface area contributed by atoms with Gasteiger partial charge in [-0.1, -0.05) is 0 Å². The summed E-state index contributed by atoms with van der Waals surface area (Å²) in [6.45, 7) is 2.12. The van der Waals surface area contributed by atoms with Crippen molar-refractivity contribution in [1.29, 1.82) is 0 Å². The Kier molecular flexibility index (Phi) is 2.90. The third-order valence-corrected chi connectivity index (χ3v) is 1.69. The lowest BCUT2D eigenvalue weighted by atomic mass is 10.4. The van der Waals surface area contributed by atoms with E-state index in [9.17, 15) is 9.35 Å². The van der Waals surface area contributed by atoms with Crippen molar-refractivity contribution in [1.82, 2.24) is 15.3 Å². The van der Waals surface area contributed by atoms with Crippen LogP contribution in [0.5, 0.6) is 0 Å². The topological polar surface area (TPSA) is 79.8 Å². The van der Waals surface area contributed by atoms with Crippen LogP contribution in [0.4, 0.5) is 4.79 Å². The highest BCUT2D eigenvalue weighted by atomic mass is 32.2. The van der Waals surface area contributed by atoms with E-state index in [4.69, 9.17) is 0 Å². The molecule has 0 saturated carbocycles. The molecule has 0 aliphatic carbocycles. The summed E-state index contributed by atoms with van der Waals surface area (Å²) in [5.74, 6) is 0. The number of hydrogen-bond donors (Lipinski definition) is 2. The summed E-state index contributed by atoms with van der Waals surface area (Å²) >= 11 is -1.24. The van der Waals surface area contributed by atoms with Gasteiger partial charge in [0.05, 0.1) is 23.6 Å². The van der Waals surface area contributed by atoms with Crippen molar-refractivity contribution in [2.24, 2.45) is 5.10 Å². The maximum atomic E-state index is 11.0. The van der Waals surface area contributed by atoms with E-state index in [-0.39, 0.29) is 0 Å².